The lowest BCUT2D eigenvalue weighted by atomic mass is 10.1. The van der Waals surface area contributed by atoms with Crippen molar-refractivity contribution in [2.24, 2.45) is 5.73 Å². The van der Waals surface area contributed by atoms with Crippen LogP contribution in [-0.4, -0.2) is 27.6 Å². The number of nitrogens with two attached hydrogens (primary N) is 1. The summed E-state index contributed by atoms with van der Waals surface area (Å²) in [6, 6.07) is 15.5. The second-order valence-electron chi connectivity index (χ2n) is 7.06. The molecule has 0 saturated heterocycles. The Labute approximate surface area is 171 Å². The Morgan fingerprint density at radius 1 is 0.966 bits per heavy atom. The minimum absolute atomic E-state index is 0.0478. The van der Waals surface area contributed by atoms with Crippen LogP contribution in [0.4, 0.5) is 5.95 Å². The van der Waals surface area contributed by atoms with Crippen LogP contribution in [0.3, 0.4) is 0 Å². The van der Waals surface area contributed by atoms with Crippen LogP contribution in [0.25, 0.3) is 11.3 Å². The molecule has 0 saturated carbocycles. The fourth-order valence-corrected chi connectivity index (χ4v) is 3.24. The highest BCUT2D eigenvalue weighted by Crippen LogP contribution is 2.17. The molecule has 0 radical (unpaired) electrons. The standard InChI is InChI=1S/C23H29N5O/c24-13-6-1-2-7-14-26-23-27-21(20-10-15-25-16-11-20)18-22(29)28(23)17-12-19-8-4-3-5-9-19/h3-5,8-11,15-16,18H,1-2,6-7,12-14,17,24H2,(H,26,27). The van der Waals surface area contributed by atoms with Gasteiger partial charge < -0.3 is 11.1 Å². The zero-order valence-corrected chi connectivity index (χ0v) is 16.8. The van der Waals surface area contributed by atoms with Gasteiger partial charge in [0.15, 0.2) is 0 Å². The number of pyridine rings is 1. The maximum atomic E-state index is 12.9. The number of unbranched alkanes of at least 4 members (excludes halogenated alkanes) is 3. The van der Waals surface area contributed by atoms with Crippen molar-refractivity contribution in [1.29, 1.82) is 0 Å². The normalized spacial score (nSPS) is 10.8. The molecule has 3 N–H and O–H groups in total. The van der Waals surface area contributed by atoms with Crippen LogP contribution in [0, 0.1) is 0 Å². The van der Waals surface area contributed by atoms with Crippen molar-refractivity contribution < 1.29 is 0 Å². The SMILES string of the molecule is NCCCCCCNc1nc(-c2ccncc2)cc(=O)n1CCc1ccccc1. The van der Waals surface area contributed by atoms with E-state index in [0.29, 0.717) is 18.2 Å². The molecule has 152 valence electrons. The first kappa shape index (κ1) is 20.7. The molecule has 29 heavy (non-hydrogen) atoms. The van der Waals surface area contributed by atoms with Crippen molar-refractivity contribution in [3.05, 3.63) is 76.8 Å². The molecule has 0 aliphatic carbocycles. The molecule has 2 heterocycles. The third-order valence-corrected chi connectivity index (χ3v) is 4.87. The quantitative estimate of drug-likeness (QED) is 0.489. The molecule has 0 fully saturated rings. The summed E-state index contributed by atoms with van der Waals surface area (Å²) in [5.74, 6) is 0.624. The highest BCUT2D eigenvalue weighted by atomic mass is 16.1. The molecule has 0 bridgehead atoms. The van der Waals surface area contributed by atoms with Gasteiger partial charge in [-0.3, -0.25) is 14.3 Å². The van der Waals surface area contributed by atoms with E-state index in [9.17, 15) is 4.79 Å². The molecule has 0 aliphatic rings. The lowest BCUT2D eigenvalue weighted by Crippen LogP contribution is -2.26. The van der Waals surface area contributed by atoms with Gasteiger partial charge in [-0.1, -0.05) is 43.2 Å². The van der Waals surface area contributed by atoms with Gasteiger partial charge >= 0.3 is 0 Å². The third-order valence-electron chi connectivity index (χ3n) is 4.87. The molecule has 0 spiro atoms. The summed E-state index contributed by atoms with van der Waals surface area (Å²) in [7, 11) is 0. The van der Waals surface area contributed by atoms with Crippen LogP contribution in [0.1, 0.15) is 31.2 Å². The fourth-order valence-electron chi connectivity index (χ4n) is 3.24. The number of nitrogens with zero attached hydrogens (tertiary/aromatic N) is 3. The topological polar surface area (TPSA) is 85.8 Å². The highest BCUT2D eigenvalue weighted by Gasteiger charge is 2.10. The van der Waals surface area contributed by atoms with Crippen molar-refractivity contribution in [3.8, 4) is 11.3 Å². The lowest BCUT2D eigenvalue weighted by molar-refractivity contribution is 0.641. The predicted octanol–water partition coefficient (Wildman–Crippen LogP) is 3.48. The minimum Gasteiger partial charge on any atom is -0.356 e. The smallest absolute Gasteiger partial charge is 0.255 e. The van der Waals surface area contributed by atoms with Crippen molar-refractivity contribution in [2.75, 3.05) is 18.4 Å². The summed E-state index contributed by atoms with van der Waals surface area (Å²) in [6.07, 6.45) is 8.52. The van der Waals surface area contributed by atoms with E-state index in [1.54, 1.807) is 23.0 Å². The molecule has 1 aromatic carbocycles. The van der Waals surface area contributed by atoms with Gasteiger partial charge in [0.05, 0.1) is 5.69 Å². The van der Waals surface area contributed by atoms with Gasteiger partial charge in [-0.15, -0.1) is 0 Å². The van der Waals surface area contributed by atoms with Crippen LogP contribution in [0.2, 0.25) is 0 Å². The van der Waals surface area contributed by atoms with Gasteiger partial charge in [-0.05, 0) is 43.5 Å². The number of hydrogen-bond acceptors (Lipinski definition) is 5. The summed E-state index contributed by atoms with van der Waals surface area (Å²) in [5.41, 5.74) is 8.26. The Kier molecular flexibility index (Phi) is 7.95. The molecule has 6 nitrogen and oxygen atoms in total. The van der Waals surface area contributed by atoms with E-state index in [2.05, 4.69) is 22.4 Å². The second-order valence-corrected chi connectivity index (χ2v) is 7.06. The van der Waals surface area contributed by atoms with E-state index >= 15 is 0 Å². The van der Waals surface area contributed by atoms with E-state index in [1.807, 2.05) is 30.3 Å². The predicted molar refractivity (Wildman–Crippen MR) is 118 cm³/mol. The van der Waals surface area contributed by atoms with E-state index in [4.69, 9.17) is 10.7 Å². The largest absolute Gasteiger partial charge is 0.356 e. The van der Waals surface area contributed by atoms with E-state index in [1.165, 1.54) is 5.56 Å². The fraction of sp³-hybridized carbons (Fsp3) is 0.348. The van der Waals surface area contributed by atoms with E-state index in [-0.39, 0.29) is 5.56 Å². The van der Waals surface area contributed by atoms with Crippen molar-refractivity contribution in [3.63, 3.8) is 0 Å². The van der Waals surface area contributed by atoms with Gasteiger partial charge in [-0.25, -0.2) is 4.98 Å². The average Bonchev–Trinajstić information content (AvgIpc) is 2.76. The number of aromatic nitrogens is 3. The zero-order valence-electron chi connectivity index (χ0n) is 16.8. The van der Waals surface area contributed by atoms with Gasteiger partial charge in [0, 0.05) is 37.1 Å². The molecule has 0 unspecified atom stereocenters. The van der Waals surface area contributed by atoms with E-state index < -0.39 is 0 Å². The van der Waals surface area contributed by atoms with Crippen LogP contribution in [0.15, 0.2) is 65.7 Å². The van der Waals surface area contributed by atoms with Crippen molar-refractivity contribution >= 4 is 5.95 Å². The first-order valence-electron chi connectivity index (χ1n) is 10.3. The molecule has 3 rings (SSSR count). The van der Waals surface area contributed by atoms with Crippen LogP contribution >= 0.6 is 0 Å². The molecule has 0 aliphatic heterocycles. The summed E-state index contributed by atoms with van der Waals surface area (Å²) in [4.78, 5) is 21.7. The minimum atomic E-state index is -0.0478. The van der Waals surface area contributed by atoms with Crippen LogP contribution < -0.4 is 16.6 Å². The third kappa shape index (κ3) is 6.26. The highest BCUT2D eigenvalue weighted by molar-refractivity contribution is 5.59. The van der Waals surface area contributed by atoms with E-state index in [0.717, 1.165) is 50.8 Å². The molecule has 0 amide bonds. The number of nitrogens with one attached hydrogen (secondary N) is 1. The molecular weight excluding hydrogens is 362 g/mol. The molecule has 2 aromatic heterocycles. The number of rotatable bonds is 11. The molecular formula is C23H29N5O. The summed E-state index contributed by atoms with van der Waals surface area (Å²) < 4.78 is 1.73. The first-order valence-corrected chi connectivity index (χ1v) is 10.3. The maximum Gasteiger partial charge on any atom is 0.255 e. The monoisotopic (exact) mass is 391 g/mol. The zero-order chi connectivity index (χ0) is 20.3. The Morgan fingerprint density at radius 2 is 1.72 bits per heavy atom. The number of aryl methyl sites for hydroxylation is 1. The van der Waals surface area contributed by atoms with Crippen LogP contribution in [0.5, 0.6) is 0 Å². The van der Waals surface area contributed by atoms with Crippen molar-refractivity contribution in [1.82, 2.24) is 14.5 Å². The summed E-state index contributed by atoms with van der Waals surface area (Å²) >= 11 is 0. The van der Waals surface area contributed by atoms with Gasteiger partial charge in [-0.2, -0.15) is 0 Å². The van der Waals surface area contributed by atoms with Crippen molar-refractivity contribution in [2.45, 2.75) is 38.6 Å². The lowest BCUT2D eigenvalue weighted by Gasteiger charge is -2.15. The maximum absolute atomic E-state index is 12.9. The molecule has 3 aromatic rings. The average molecular weight is 392 g/mol. The Balaban J connectivity index is 1.78. The first-order chi connectivity index (χ1) is 14.3. The van der Waals surface area contributed by atoms with Gasteiger partial charge in [0.2, 0.25) is 5.95 Å². The Hall–Kier alpha value is -2.99. The second kappa shape index (κ2) is 11.1. The number of hydrogen-bond donors (Lipinski definition) is 2. The Bertz CT molecular complexity index is 925. The summed E-state index contributed by atoms with van der Waals surface area (Å²) in [5, 5.41) is 3.38. The molecule has 6 heteroatoms. The molecule has 0 atom stereocenters. The number of anilines is 1. The Morgan fingerprint density at radius 3 is 2.48 bits per heavy atom. The van der Waals surface area contributed by atoms with Gasteiger partial charge in [0.1, 0.15) is 0 Å². The summed E-state index contributed by atoms with van der Waals surface area (Å²) in [6.45, 7) is 2.10. The van der Waals surface area contributed by atoms with Crippen LogP contribution in [-0.2, 0) is 13.0 Å². The van der Waals surface area contributed by atoms with Gasteiger partial charge in [0.25, 0.3) is 5.56 Å². The number of benzene rings is 1.